The lowest BCUT2D eigenvalue weighted by atomic mass is 9.85. The highest BCUT2D eigenvalue weighted by Crippen LogP contribution is 2.53. The van der Waals surface area contributed by atoms with Gasteiger partial charge in [-0.2, -0.15) is 0 Å². The molecule has 1 aromatic heterocycles. The molecule has 1 N–H and O–H groups in total. The summed E-state index contributed by atoms with van der Waals surface area (Å²) >= 11 is 0. The Morgan fingerprint density at radius 2 is 1.66 bits per heavy atom. The number of allylic oxidation sites excluding steroid dienone is 2. The van der Waals surface area contributed by atoms with E-state index in [1.165, 1.54) is 4.90 Å². The molecular weight excluding hydrogens is 402 g/mol. The molecule has 1 aliphatic heterocycles. The SMILES string of the molecule is Cc1ccnc2c(NC(=O)c3ccc(N4C(=O)C5C(C4=O)[C@H]4C=C[C@@H]5C4)cc3)cccc12. The first kappa shape index (κ1) is 18.9. The van der Waals surface area contributed by atoms with E-state index in [4.69, 9.17) is 0 Å². The maximum Gasteiger partial charge on any atom is 0.255 e. The molecular formula is C26H21N3O3. The number of aryl methyl sites for hydroxylation is 1. The van der Waals surface area contributed by atoms with Crippen molar-refractivity contribution in [3.63, 3.8) is 0 Å². The highest BCUT2D eigenvalue weighted by Gasteiger charge is 2.59. The fourth-order valence-electron chi connectivity index (χ4n) is 5.53. The van der Waals surface area contributed by atoms with E-state index in [-0.39, 0.29) is 41.4 Å². The first-order chi connectivity index (χ1) is 15.5. The van der Waals surface area contributed by atoms with Gasteiger partial charge in [0.05, 0.1) is 28.7 Å². The molecule has 1 saturated heterocycles. The van der Waals surface area contributed by atoms with Crippen molar-refractivity contribution in [3.8, 4) is 0 Å². The molecule has 6 rings (SSSR count). The summed E-state index contributed by atoms with van der Waals surface area (Å²) in [6.45, 7) is 2.00. The van der Waals surface area contributed by atoms with E-state index >= 15 is 0 Å². The molecule has 2 bridgehead atoms. The second kappa shape index (κ2) is 6.85. The third-order valence-corrected chi connectivity index (χ3v) is 7.10. The molecule has 2 aromatic carbocycles. The largest absolute Gasteiger partial charge is 0.320 e. The van der Waals surface area contributed by atoms with Crippen LogP contribution in [0.15, 0.2) is 66.9 Å². The van der Waals surface area contributed by atoms with Crippen LogP contribution < -0.4 is 10.2 Å². The van der Waals surface area contributed by atoms with E-state index < -0.39 is 0 Å². The van der Waals surface area contributed by atoms with Gasteiger partial charge in [-0.3, -0.25) is 24.3 Å². The number of hydrogen-bond donors (Lipinski definition) is 1. The number of pyridine rings is 1. The molecule has 6 nitrogen and oxygen atoms in total. The minimum absolute atomic E-state index is 0.119. The molecule has 0 spiro atoms. The topological polar surface area (TPSA) is 79.4 Å². The Kier molecular flexibility index (Phi) is 4.05. The van der Waals surface area contributed by atoms with Gasteiger partial charge in [-0.05, 0) is 67.1 Å². The van der Waals surface area contributed by atoms with Crippen LogP contribution in [0.1, 0.15) is 22.3 Å². The summed E-state index contributed by atoms with van der Waals surface area (Å²) in [7, 11) is 0. The summed E-state index contributed by atoms with van der Waals surface area (Å²) in [6.07, 6.45) is 6.79. The van der Waals surface area contributed by atoms with Crippen LogP contribution in [-0.2, 0) is 9.59 Å². The smallest absolute Gasteiger partial charge is 0.255 e. The number of benzene rings is 2. The van der Waals surface area contributed by atoms with E-state index in [0.717, 1.165) is 22.9 Å². The number of carbonyl (C=O) groups excluding carboxylic acids is 3. The van der Waals surface area contributed by atoms with Gasteiger partial charge in [0.2, 0.25) is 11.8 Å². The van der Waals surface area contributed by atoms with Gasteiger partial charge >= 0.3 is 0 Å². The summed E-state index contributed by atoms with van der Waals surface area (Å²) in [5, 5.41) is 3.92. The minimum atomic E-state index is -0.273. The zero-order valence-corrected chi connectivity index (χ0v) is 17.5. The second-order valence-corrected chi connectivity index (χ2v) is 8.84. The van der Waals surface area contributed by atoms with E-state index in [2.05, 4.69) is 22.5 Å². The Balaban J connectivity index is 1.24. The molecule has 4 atom stereocenters. The lowest BCUT2D eigenvalue weighted by Gasteiger charge is -2.17. The molecule has 3 amide bonds. The van der Waals surface area contributed by atoms with Crippen molar-refractivity contribution in [2.75, 3.05) is 10.2 Å². The van der Waals surface area contributed by atoms with Gasteiger partial charge in [-0.1, -0.05) is 24.3 Å². The van der Waals surface area contributed by atoms with Crippen molar-refractivity contribution in [1.29, 1.82) is 0 Å². The van der Waals surface area contributed by atoms with Crippen molar-refractivity contribution in [1.82, 2.24) is 4.98 Å². The number of imide groups is 1. The van der Waals surface area contributed by atoms with Crippen LogP contribution in [0.4, 0.5) is 11.4 Å². The molecule has 32 heavy (non-hydrogen) atoms. The number of rotatable bonds is 3. The average molecular weight is 423 g/mol. The molecule has 158 valence electrons. The van der Waals surface area contributed by atoms with Gasteiger partial charge in [-0.25, -0.2) is 0 Å². The number of nitrogens with zero attached hydrogens (tertiary/aromatic N) is 2. The molecule has 6 heteroatoms. The van der Waals surface area contributed by atoms with Crippen molar-refractivity contribution < 1.29 is 14.4 Å². The minimum Gasteiger partial charge on any atom is -0.320 e. The van der Waals surface area contributed by atoms with E-state index in [1.807, 2.05) is 31.2 Å². The predicted molar refractivity (Wildman–Crippen MR) is 121 cm³/mol. The standard InChI is InChI=1S/C26H21N3O3/c1-14-11-12-27-23-19(14)3-2-4-20(23)28-24(30)15-7-9-18(10-8-15)29-25(31)21-16-5-6-17(13-16)22(21)26(29)32/h2-12,16-17,21-22H,13H2,1H3,(H,28,30)/t16-,17+,21?,22?. The summed E-state index contributed by atoms with van der Waals surface area (Å²) in [5.74, 6) is -0.627. The molecule has 2 fully saturated rings. The zero-order chi connectivity index (χ0) is 22.0. The monoisotopic (exact) mass is 423 g/mol. The fraction of sp³-hybridized carbons (Fsp3) is 0.231. The Bertz CT molecular complexity index is 1300. The first-order valence-electron chi connectivity index (χ1n) is 10.8. The number of hydrogen-bond acceptors (Lipinski definition) is 4. The third-order valence-electron chi connectivity index (χ3n) is 7.10. The Hall–Kier alpha value is -3.80. The number of anilines is 2. The Morgan fingerprint density at radius 3 is 2.34 bits per heavy atom. The van der Waals surface area contributed by atoms with Crippen molar-refractivity contribution >= 4 is 40.0 Å². The Morgan fingerprint density at radius 1 is 0.969 bits per heavy atom. The molecule has 1 saturated carbocycles. The van der Waals surface area contributed by atoms with Crippen LogP contribution in [0.2, 0.25) is 0 Å². The number of carbonyl (C=O) groups is 3. The van der Waals surface area contributed by atoms with Crippen LogP contribution in [-0.4, -0.2) is 22.7 Å². The molecule has 2 unspecified atom stereocenters. The molecule has 3 aromatic rings. The summed E-state index contributed by atoms with van der Waals surface area (Å²) in [4.78, 5) is 44.6. The highest BCUT2D eigenvalue weighted by molar-refractivity contribution is 6.23. The number of fused-ring (bicyclic) bond motifs is 6. The number of amides is 3. The number of aromatic nitrogens is 1. The van der Waals surface area contributed by atoms with E-state index in [9.17, 15) is 14.4 Å². The quantitative estimate of drug-likeness (QED) is 0.508. The van der Waals surface area contributed by atoms with Gasteiger partial charge < -0.3 is 5.32 Å². The Labute approximate surface area is 184 Å². The van der Waals surface area contributed by atoms with Crippen LogP contribution in [0.25, 0.3) is 10.9 Å². The summed E-state index contributed by atoms with van der Waals surface area (Å²) in [6, 6.07) is 14.3. The third kappa shape index (κ3) is 2.65. The molecule has 2 heterocycles. The van der Waals surface area contributed by atoms with Gasteiger partial charge in [0.1, 0.15) is 0 Å². The summed E-state index contributed by atoms with van der Waals surface area (Å²) in [5.41, 5.74) is 3.43. The van der Waals surface area contributed by atoms with Gasteiger partial charge in [-0.15, -0.1) is 0 Å². The first-order valence-corrected chi connectivity index (χ1v) is 10.8. The van der Waals surface area contributed by atoms with Crippen LogP contribution >= 0.6 is 0 Å². The normalized spacial score (nSPS) is 25.6. The lowest BCUT2D eigenvalue weighted by Crippen LogP contribution is -2.32. The number of nitrogens with one attached hydrogen (secondary N) is 1. The zero-order valence-electron chi connectivity index (χ0n) is 17.5. The highest BCUT2D eigenvalue weighted by atomic mass is 16.2. The van der Waals surface area contributed by atoms with Gasteiger partial charge in [0.15, 0.2) is 0 Å². The van der Waals surface area contributed by atoms with Crippen LogP contribution in [0.5, 0.6) is 0 Å². The molecule has 3 aliphatic rings. The fourth-order valence-corrected chi connectivity index (χ4v) is 5.53. The van der Waals surface area contributed by atoms with Gasteiger partial charge in [0.25, 0.3) is 5.91 Å². The van der Waals surface area contributed by atoms with Crippen LogP contribution in [0, 0.1) is 30.6 Å². The number of para-hydroxylation sites is 1. The van der Waals surface area contributed by atoms with Crippen molar-refractivity contribution in [3.05, 3.63) is 78.0 Å². The average Bonchev–Trinajstić information content (AvgIpc) is 3.48. The van der Waals surface area contributed by atoms with Crippen molar-refractivity contribution in [2.24, 2.45) is 23.7 Å². The molecule has 2 aliphatic carbocycles. The van der Waals surface area contributed by atoms with Gasteiger partial charge in [0, 0.05) is 17.1 Å². The van der Waals surface area contributed by atoms with Crippen LogP contribution in [0.3, 0.4) is 0 Å². The lowest BCUT2D eigenvalue weighted by molar-refractivity contribution is -0.123. The van der Waals surface area contributed by atoms with E-state index in [0.29, 0.717) is 16.9 Å². The summed E-state index contributed by atoms with van der Waals surface area (Å²) < 4.78 is 0. The predicted octanol–water partition coefficient (Wildman–Crippen LogP) is 4.11. The maximum absolute atomic E-state index is 13.0. The maximum atomic E-state index is 13.0. The van der Waals surface area contributed by atoms with Crippen molar-refractivity contribution in [2.45, 2.75) is 13.3 Å². The second-order valence-electron chi connectivity index (χ2n) is 8.84. The molecule has 0 radical (unpaired) electrons. The van der Waals surface area contributed by atoms with E-state index in [1.54, 1.807) is 30.5 Å².